The third-order valence-electron chi connectivity index (χ3n) is 3.82. The van der Waals surface area contributed by atoms with Crippen molar-refractivity contribution in [3.8, 4) is 23.3 Å². The molecule has 0 aliphatic carbocycles. The number of amides is 1. The molecule has 0 aliphatic rings. The highest BCUT2D eigenvalue weighted by Crippen LogP contribution is 2.27. The molecule has 0 spiro atoms. The monoisotopic (exact) mass is 354 g/mol. The van der Waals surface area contributed by atoms with Gasteiger partial charge in [-0.1, -0.05) is 6.07 Å². The Labute approximate surface area is 153 Å². The van der Waals surface area contributed by atoms with Crippen LogP contribution in [0.1, 0.15) is 12.5 Å². The van der Waals surface area contributed by atoms with Gasteiger partial charge < -0.3 is 19.5 Å². The summed E-state index contributed by atoms with van der Waals surface area (Å²) in [7, 11) is 3.11. The first kappa shape index (κ1) is 19.1. The topological polar surface area (TPSA) is 80.6 Å². The number of carbonyl (C=O) groups excluding carboxylic acids is 1. The van der Waals surface area contributed by atoms with E-state index in [4.69, 9.17) is 14.2 Å². The summed E-state index contributed by atoms with van der Waals surface area (Å²) < 4.78 is 15.9. The Hall–Kier alpha value is -3.20. The van der Waals surface area contributed by atoms with Gasteiger partial charge in [-0.3, -0.25) is 4.79 Å². The smallest absolute Gasteiger partial charge is 0.242 e. The van der Waals surface area contributed by atoms with Crippen molar-refractivity contribution in [3.05, 3.63) is 48.0 Å². The highest BCUT2D eigenvalue weighted by Gasteiger charge is 2.21. The molecule has 6 heteroatoms. The molecule has 1 atom stereocenters. The Morgan fingerprint density at radius 2 is 1.81 bits per heavy atom. The van der Waals surface area contributed by atoms with Crippen LogP contribution in [0.3, 0.4) is 0 Å². The van der Waals surface area contributed by atoms with Crippen molar-refractivity contribution in [2.45, 2.75) is 13.3 Å². The van der Waals surface area contributed by atoms with Gasteiger partial charge in [-0.2, -0.15) is 5.26 Å². The maximum Gasteiger partial charge on any atom is 0.242 e. The second kappa shape index (κ2) is 9.33. The fourth-order valence-electron chi connectivity index (χ4n) is 2.47. The molecular weight excluding hydrogens is 332 g/mol. The quantitative estimate of drug-likeness (QED) is 0.785. The van der Waals surface area contributed by atoms with Crippen LogP contribution in [0.25, 0.3) is 0 Å². The van der Waals surface area contributed by atoms with E-state index in [1.165, 1.54) is 0 Å². The molecule has 0 saturated heterocycles. The highest BCUT2D eigenvalue weighted by molar-refractivity contribution is 5.94. The lowest BCUT2D eigenvalue weighted by molar-refractivity contribution is -0.118. The van der Waals surface area contributed by atoms with E-state index >= 15 is 0 Å². The molecule has 1 N–H and O–H groups in total. The fourth-order valence-corrected chi connectivity index (χ4v) is 2.47. The number of nitrogens with one attached hydrogen (secondary N) is 1. The lowest BCUT2D eigenvalue weighted by Crippen LogP contribution is -2.23. The van der Waals surface area contributed by atoms with Gasteiger partial charge in [0.1, 0.15) is 23.2 Å². The largest absolute Gasteiger partial charge is 0.497 e. The third-order valence-corrected chi connectivity index (χ3v) is 3.82. The van der Waals surface area contributed by atoms with Crippen molar-refractivity contribution < 1.29 is 19.0 Å². The number of nitriles is 1. The fraction of sp³-hybridized carbons (Fsp3) is 0.300. The van der Waals surface area contributed by atoms with Gasteiger partial charge in [-0.15, -0.1) is 0 Å². The summed E-state index contributed by atoms with van der Waals surface area (Å²) in [6.45, 7) is 2.48. The van der Waals surface area contributed by atoms with Gasteiger partial charge in [0.2, 0.25) is 5.91 Å². The number of rotatable bonds is 8. The molecule has 0 radical (unpaired) electrons. The molecule has 26 heavy (non-hydrogen) atoms. The molecule has 1 amide bonds. The van der Waals surface area contributed by atoms with E-state index in [0.29, 0.717) is 23.8 Å². The van der Waals surface area contributed by atoms with E-state index in [1.54, 1.807) is 56.7 Å². The highest BCUT2D eigenvalue weighted by atomic mass is 16.5. The van der Waals surface area contributed by atoms with Crippen molar-refractivity contribution in [2.75, 3.05) is 26.1 Å². The molecule has 0 fully saturated rings. The Bertz CT molecular complexity index is 781. The molecule has 0 heterocycles. The average molecular weight is 354 g/mol. The van der Waals surface area contributed by atoms with Crippen LogP contribution in [0.4, 0.5) is 5.69 Å². The van der Waals surface area contributed by atoms with Gasteiger partial charge in [0.15, 0.2) is 0 Å². The number of anilines is 1. The minimum absolute atomic E-state index is 0.243. The van der Waals surface area contributed by atoms with Crippen LogP contribution >= 0.6 is 0 Å². The predicted octanol–water partition coefficient (Wildman–Crippen LogP) is 3.42. The predicted molar refractivity (Wildman–Crippen MR) is 98.6 cm³/mol. The van der Waals surface area contributed by atoms with Crippen molar-refractivity contribution in [1.82, 2.24) is 0 Å². The number of ether oxygens (including phenoxy) is 3. The van der Waals surface area contributed by atoms with Crippen LogP contribution in [0.15, 0.2) is 42.5 Å². The van der Waals surface area contributed by atoms with Crippen molar-refractivity contribution >= 4 is 11.6 Å². The van der Waals surface area contributed by atoms with Crippen molar-refractivity contribution in [1.29, 1.82) is 5.26 Å². The summed E-state index contributed by atoms with van der Waals surface area (Å²) in [6.07, 6.45) is 0.243. The average Bonchev–Trinajstić information content (AvgIpc) is 2.67. The van der Waals surface area contributed by atoms with E-state index in [2.05, 4.69) is 11.4 Å². The molecule has 6 nitrogen and oxygen atoms in total. The zero-order valence-corrected chi connectivity index (χ0v) is 15.1. The summed E-state index contributed by atoms with van der Waals surface area (Å²) in [5.74, 6) is 0.750. The molecule has 2 aromatic carbocycles. The van der Waals surface area contributed by atoms with Gasteiger partial charge in [0, 0.05) is 18.2 Å². The standard InChI is InChI=1S/C20H22N2O4/c1-4-26-17-9-6-16(7-10-17)22-20(23)15(13-21)11-14-5-8-18(24-2)12-19(14)25-3/h5-10,12,15H,4,11H2,1-3H3,(H,22,23)/t15-/m0/s1. The van der Waals surface area contributed by atoms with Crippen LogP contribution in [0.2, 0.25) is 0 Å². The normalized spacial score (nSPS) is 11.2. The van der Waals surface area contributed by atoms with Crippen LogP contribution < -0.4 is 19.5 Å². The number of hydrogen-bond donors (Lipinski definition) is 1. The number of methoxy groups -OCH3 is 2. The van der Waals surface area contributed by atoms with Gasteiger partial charge in [-0.25, -0.2) is 0 Å². The molecular formula is C20H22N2O4. The first-order chi connectivity index (χ1) is 12.6. The number of hydrogen-bond acceptors (Lipinski definition) is 5. The lowest BCUT2D eigenvalue weighted by atomic mass is 9.98. The van der Waals surface area contributed by atoms with Crippen LogP contribution in [0.5, 0.6) is 17.2 Å². The van der Waals surface area contributed by atoms with E-state index in [-0.39, 0.29) is 12.3 Å². The maximum absolute atomic E-state index is 12.5. The Morgan fingerprint density at radius 3 is 2.38 bits per heavy atom. The van der Waals surface area contributed by atoms with Gasteiger partial charge in [0.25, 0.3) is 0 Å². The van der Waals surface area contributed by atoms with E-state index in [0.717, 1.165) is 11.3 Å². The first-order valence-electron chi connectivity index (χ1n) is 8.25. The Kier molecular flexibility index (Phi) is 6.86. The molecule has 0 aromatic heterocycles. The van der Waals surface area contributed by atoms with Crippen molar-refractivity contribution in [3.63, 3.8) is 0 Å². The summed E-state index contributed by atoms with van der Waals surface area (Å²) in [4.78, 5) is 12.5. The second-order valence-corrected chi connectivity index (χ2v) is 5.51. The zero-order chi connectivity index (χ0) is 18.9. The van der Waals surface area contributed by atoms with Crippen LogP contribution in [0, 0.1) is 17.2 Å². The van der Waals surface area contributed by atoms with E-state index in [1.807, 2.05) is 6.92 Å². The molecule has 2 aromatic rings. The summed E-state index contributed by atoms with van der Waals surface area (Å²) in [6, 6.07) is 14.4. The third kappa shape index (κ3) is 4.90. The van der Waals surface area contributed by atoms with Gasteiger partial charge in [-0.05, 0) is 42.8 Å². The zero-order valence-electron chi connectivity index (χ0n) is 15.1. The molecule has 0 unspecified atom stereocenters. The minimum atomic E-state index is -0.844. The summed E-state index contributed by atoms with van der Waals surface area (Å²) in [5, 5.41) is 12.2. The van der Waals surface area contributed by atoms with Gasteiger partial charge >= 0.3 is 0 Å². The summed E-state index contributed by atoms with van der Waals surface area (Å²) >= 11 is 0. The number of nitrogens with zero attached hydrogens (tertiary/aromatic N) is 1. The van der Waals surface area contributed by atoms with Crippen LogP contribution in [-0.4, -0.2) is 26.7 Å². The maximum atomic E-state index is 12.5. The molecule has 0 aliphatic heterocycles. The molecule has 0 bridgehead atoms. The van der Waals surface area contributed by atoms with Gasteiger partial charge in [0.05, 0.1) is 26.9 Å². The molecule has 0 saturated carbocycles. The SMILES string of the molecule is CCOc1ccc(NC(=O)[C@H](C#N)Cc2ccc(OC)cc2OC)cc1. The minimum Gasteiger partial charge on any atom is -0.497 e. The van der Waals surface area contributed by atoms with Crippen molar-refractivity contribution in [2.24, 2.45) is 5.92 Å². The van der Waals surface area contributed by atoms with E-state index in [9.17, 15) is 10.1 Å². The number of carbonyl (C=O) groups is 1. The molecule has 136 valence electrons. The molecule has 2 rings (SSSR count). The second-order valence-electron chi connectivity index (χ2n) is 5.51. The first-order valence-corrected chi connectivity index (χ1v) is 8.25. The van der Waals surface area contributed by atoms with E-state index < -0.39 is 5.92 Å². The van der Waals surface area contributed by atoms with Crippen LogP contribution in [-0.2, 0) is 11.2 Å². The Balaban J connectivity index is 2.08. The number of benzene rings is 2. The Morgan fingerprint density at radius 1 is 1.12 bits per heavy atom. The lowest BCUT2D eigenvalue weighted by Gasteiger charge is -2.14. The summed E-state index contributed by atoms with van der Waals surface area (Å²) in [5.41, 5.74) is 1.38.